The van der Waals surface area contributed by atoms with Gasteiger partial charge in [0.15, 0.2) is 6.10 Å². The summed E-state index contributed by atoms with van der Waals surface area (Å²) in [5, 5.41) is 8.75. The Kier molecular flexibility index (Phi) is 5.92. The zero-order valence-corrected chi connectivity index (χ0v) is 15.0. The second-order valence-electron chi connectivity index (χ2n) is 6.66. The number of rotatable bonds is 6. The van der Waals surface area contributed by atoms with E-state index in [1.165, 1.54) is 4.90 Å². The number of carbonyl (C=O) groups excluding carboxylic acids is 2. The fraction of sp³-hybridized carbons (Fsp3) is 0.500. The molecular weight excluding hydrogens is 352 g/mol. The van der Waals surface area contributed by atoms with E-state index in [9.17, 15) is 14.4 Å². The van der Waals surface area contributed by atoms with E-state index in [-0.39, 0.29) is 18.9 Å². The lowest BCUT2D eigenvalue weighted by molar-refractivity contribution is -0.141. The largest absolute Gasteiger partial charge is 0.481 e. The van der Waals surface area contributed by atoms with Crippen molar-refractivity contribution in [3.8, 4) is 0 Å². The lowest BCUT2D eigenvalue weighted by atomic mass is 10.2. The normalized spacial score (nSPS) is 20.6. The van der Waals surface area contributed by atoms with Crippen molar-refractivity contribution in [2.24, 2.45) is 5.73 Å². The van der Waals surface area contributed by atoms with Crippen LogP contribution in [0.5, 0.6) is 0 Å². The summed E-state index contributed by atoms with van der Waals surface area (Å²) in [6, 6.07) is 7.26. The lowest BCUT2D eigenvalue weighted by Gasteiger charge is -2.35. The number of carbonyl (C=O) groups is 3. The number of carboxylic acid groups (broad SMARTS) is 1. The smallest absolute Gasteiger partial charge is 0.415 e. The van der Waals surface area contributed by atoms with Gasteiger partial charge in [-0.1, -0.05) is 12.1 Å². The SMILES string of the molecule is NCc1ccc(N2CC(C(=O)N3CCN(CCC(=O)O)CC3)OC2=O)cc1. The number of carboxylic acids is 1. The van der Waals surface area contributed by atoms with E-state index in [0.29, 0.717) is 45.0 Å². The molecule has 2 aliphatic rings. The van der Waals surface area contributed by atoms with Gasteiger partial charge in [0, 0.05) is 45.0 Å². The molecule has 2 saturated heterocycles. The molecule has 0 radical (unpaired) electrons. The van der Waals surface area contributed by atoms with Crippen molar-refractivity contribution < 1.29 is 24.2 Å². The van der Waals surface area contributed by atoms with Gasteiger partial charge >= 0.3 is 12.1 Å². The van der Waals surface area contributed by atoms with Gasteiger partial charge in [0.05, 0.1) is 13.0 Å². The van der Waals surface area contributed by atoms with Crippen molar-refractivity contribution in [2.75, 3.05) is 44.2 Å². The number of nitrogens with two attached hydrogens (primary N) is 1. The molecule has 27 heavy (non-hydrogen) atoms. The Bertz CT molecular complexity index is 700. The van der Waals surface area contributed by atoms with Crippen LogP contribution in [0.15, 0.2) is 24.3 Å². The molecule has 9 heteroatoms. The summed E-state index contributed by atoms with van der Waals surface area (Å²) >= 11 is 0. The first-order valence-corrected chi connectivity index (χ1v) is 8.98. The fourth-order valence-corrected chi connectivity index (χ4v) is 3.26. The molecule has 9 nitrogen and oxygen atoms in total. The molecule has 1 atom stereocenters. The number of piperazine rings is 1. The van der Waals surface area contributed by atoms with Crippen molar-refractivity contribution in [2.45, 2.75) is 19.1 Å². The average molecular weight is 376 g/mol. The number of amides is 2. The average Bonchev–Trinajstić information content (AvgIpc) is 3.08. The predicted octanol–water partition coefficient (Wildman–Crippen LogP) is 0.0894. The zero-order valence-electron chi connectivity index (χ0n) is 15.0. The summed E-state index contributed by atoms with van der Waals surface area (Å²) in [4.78, 5) is 40.7. The minimum atomic E-state index is -0.828. The summed E-state index contributed by atoms with van der Waals surface area (Å²) in [5.41, 5.74) is 7.21. The summed E-state index contributed by atoms with van der Waals surface area (Å²) in [7, 11) is 0. The lowest BCUT2D eigenvalue weighted by Crippen LogP contribution is -2.52. The van der Waals surface area contributed by atoms with E-state index < -0.39 is 18.2 Å². The highest BCUT2D eigenvalue weighted by Gasteiger charge is 2.39. The standard InChI is InChI=1S/C18H24N4O5/c19-11-13-1-3-14(4-2-13)22-12-15(27-18(22)26)17(25)21-9-7-20(8-10-21)6-5-16(23)24/h1-4,15H,5-12,19H2,(H,23,24). The van der Waals surface area contributed by atoms with Gasteiger partial charge in [0.2, 0.25) is 0 Å². The van der Waals surface area contributed by atoms with Gasteiger partial charge in [-0.3, -0.25) is 19.4 Å². The first-order valence-electron chi connectivity index (χ1n) is 8.98. The predicted molar refractivity (Wildman–Crippen MR) is 97.2 cm³/mol. The molecule has 1 aromatic carbocycles. The fourth-order valence-electron chi connectivity index (χ4n) is 3.26. The van der Waals surface area contributed by atoms with Gasteiger partial charge in [-0.05, 0) is 17.7 Å². The minimum Gasteiger partial charge on any atom is -0.481 e. The minimum absolute atomic E-state index is 0.0894. The Morgan fingerprint density at radius 1 is 1.15 bits per heavy atom. The summed E-state index contributed by atoms with van der Waals surface area (Å²) in [5.74, 6) is -1.03. The van der Waals surface area contributed by atoms with Crippen LogP contribution in [0.2, 0.25) is 0 Å². The molecule has 2 heterocycles. The highest BCUT2D eigenvalue weighted by Crippen LogP contribution is 2.23. The highest BCUT2D eigenvalue weighted by atomic mass is 16.6. The third-order valence-electron chi connectivity index (χ3n) is 4.90. The van der Waals surface area contributed by atoms with Crippen LogP contribution in [0.4, 0.5) is 10.5 Å². The maximum absolute atomic E-state index is 12.7. The van der Waals surface area contributed by atoms with Crippen LogP contribution in [0.25, 0.3) is 0 Å². The molecular formula is C18H24N4O5. The van der Waals surface area contributed by atoms with E-state index in [2.05, 4.69) is 0 Å². The van der Waals surface area contributed by atoms with Crippen molar-refractivity contribution in [1.29, 1.82) is 0 Å². The first kappa shape index (κ1) is 19.1. The van der Waals surface area contributed by atoms with E-state index in [4.69, 9.17) is 15.6 Å². The molecule has 2 fully saturated rings. The van der Waals surface area contributed by atoms with Crippen molar-refractivity contribution in [3.63, 3.8) is 0 Å². The molecule has 1 aromatic rings. The molecule has 2 amide bonds. The van der Waals surface area contributed by atoms with Crippen LogP contribution >= 0.6 is 0 Å². The number of aliphatic carboxylic acids is 1. The third-order valence-corrected chi connectivity index (χ3v) is 4.90. The van der Waals surface area contributed by atoms with Crippen LogP contribution in [-0.4, -0.2) is 78.2 Å². The van der Waals surface area contributed by atoms with Gasteiger partial charge in [-0.25, -0.2) is 4.79 Å². The maximum Gasteiger partial charge on any atom is 0.415 e. The molecule has 0 saturated carbocycles. The first-order chi connectivity index (χ1) is 13.0. The highest BCUT2D eigenvalue weighted by molar-refractivity contribution is 5.95. The Balaban J connectivity index is 1.54. The zero-order chi connectivity index (χ0) is 19.4. The molecule has 146 valence electrons. The molecule has 0 spiro atoms. The van der Waals surface area contributed by atoms with Gasteiger partial charge in [0.1, 0.15) is 0 Å². The van der Waals surface area contributed by atoms with Crippen LogP contribution in [0.3, 0.4) is 0 Å². The van der Waals surface area contributed by atoms with E-state index in [1.807, 2.05) is 17.0 Å². The molecule has 0 bridgehead atoms. The molecule has 3 rings (SSSR count). The van der Waals surface area contributed by atoms with Crippen LogP contribution in [0.1, 0.15) is 12.0 Å². The number of anilines is 1. The van der Waals surface area contributed by atoms with Gasteiger partial charge in [0.25, 0.3) is 5.91 Å². The number of nitrogens with zero attached hydrogens (tertiary/aromatic N) is 3. The Morgan fingerprint density at radius 2 is 1.81 bits per heavy atom. The van der Waals surface area contributed by atoms with Crippen molar-refractivity contribution in [3.05, 3.63) is 29.8 Å². The third kappa shape index (κ3) is 4.55. The molecule has 1 unspecified atom stereocenters. The molecule has 0 aliphatic carbocycles. The monoisotopic (exact) mass is 376 g/mol. The number of cyclic esters (lactones) is 1. The second-order valence-corrected chi connectivity index (χ2v) is 6.66. The van der Waals surface area contributed by atoms with E-state index in [1.54, 1.807) is 17.0 Å². The van der Waals surface area contributed by atoms with Gasteiger partial charge in [-0.15, -0.1) is 0 Å². The van der Waals surface area contributed by atoms with E-state index >= 15 is 0 Å². The number of hydrogen-bond donors (Lipinski definition) is 2. The summed E-state index contributed by atoms with van der Waals surface area (Å²) in [6.07, 6.45) is -1.27. The number of benzene rings is 1. The topological polar surface area (TPSA) is 116 Å². The Labute approximate surface area is 157 Å². The Hall–Kier alpha value is -2.65. The van der Waals surface area contributed by atoms with Gasteiger partial charge < -0.3 is 20.5 Å². The summed E-state index contributed by atoms with van der Waals surface area (Å²) < 4.78 is 5.29. The quantitative estimate of drug-likeness (QED) is 0.723. The van der Waals surface area contributed by atoms with Crippen LogP contribution < -0.4 is 10.6 Å². The van der Waals surface area contributed by atoms with Crippen LogP contribution in [-0.2, 0) is 20.9 Å². The summed E-state index contributed by atoms with van der Waals surface area (Å²) in [6.45, 7) is 3.30. The molecule has 2 aliphatic heterocycles. The number of hydrogen-bond acceptors (Lipinski definition) is 6. The maximum atomic E-state index is 12.7. The second kappa shape index (κ2) is 8.36. The van der Waals surface area contributed by atoms with Crippen LogP contribution in [0, 0.1) is 0 Å². The molecule has 3 N–H and O–H groups in total. The van der Waals surface area contributed by atoms with Gasteiger partial charge in [-0.2, -0.15) is 0 Å². The van der Waals surface area contributed by atoms with E-state index in [0.717, 1.165) is 5.56 Å². The number of ether oxygens (including phenoxy) is 1. The Morgan fingerprint density at radius 3 is 2.41 bits per heavy atom. The van der Waals surface area contributed by atoms with Crippen molar-refractivity contribution >= 4 is 23.7 Å². The molecule has 0 aromatic heterocycles. The van der Waals surface area contributed by atoms with Crippen molar-refractivity contribution in [1.82, 2.24) is 9.80 Å².